The summed E-state index contributed by atoms with van der Waals surface area (Å²) in [6, 6.07) is 9.89. The zero-order chi connectivity index (χ0) is 17.5. The van der Waals surface area contributed by atoms with Gasteiger partial charge in [-0.2, -0.15) is 5.10 Å². The number of aromatic hydroxyl groups is 1. The zero-order valence-electron chi connectivity index (χ0n) is 12.5. The van der Waals surface area contributed by atoms with Gasteiger partial charge in [0.05, 0.1) is 13.4 Å². The summed E-state index contributed by atoms with van der Waals surface area (Å²) >= 11 is 4.38. The van der Waals surface area contributed by atoms with E-state index < -0.39 is 5.91 Å². The van der Waals surface area contributed by atoms with Crippen molar-refractivity contribution in [3.8, 4) is 11.5 Å². The molecule has 7 heteroatoms. The maximum absolute atomic E-state index is 11.9. The van der Waals surface area contributed by atoms with Crippen LogP contribution in [0, 0.1) is 7.14 Å². The fourth-order valence-corrected chi connectivity index (χ4v) is 3.94. The number of rotatable bonds is 6. The fraction of sp³-hybridized carbons (Fsp3) is 0.0588. The fourth-order valence-electron chi connectivity index (χ4n) is 1.81. The minimum atomic E-state index is -0.391. The Balaban J connectivity index is 2.06. The van der Waals surface area contributed by atoms with Crippen molar-refractivity contribution < 1.29 is 14.6 Å². The highest BCUT2D eigenvalue weighted by molar-refractivity contribution is 14.1. The Morgan fingerprint density at radius 1 is 1.29 bits per heavy atom. The number of carbonyl (C=O) groups excluding carboxylic acids is 1. The molecule has 2 aromatic carbocycles. The van der Waals surface area contributed by atoms with Crippen molar-refractivity contribution >= 4 is 57.3 Å². The van der Waals surface area contributed by atoms with Gasteiger partial charge in [-0.3, -0.25) is 4.79 Å². The van der Waals surface area contributed by atoms with Crippen LogP contribution < -0.4 is 10.2 Å². The number of ether oxygens (including phenoxy) is 1. The van der Waals surface area contributed by atoms with Gasteiger partial charge < -0.3 is 9.84 Å². The van der Waals surface area contributed by atoms with Gasteiger partial charge in [0.15, 0.2) is 0 Å². The van der Waals surface area contributed by atoms with Gasteiger partial charge in [-0.15, -0.1) is 0 Å². The van der Waals surface area contributed by atoms with Crippen molar-refractivity contribution in [3.05, 3.63) is 67.3 Å². The lowest BCUT2D eigenvalue weighted by molar-refractivity contribution is 0.0954. The van der Waals surface area contributed by atoms with Crippen molar-refractivity contribution in [1.29, 1.82) is 0 Å². The van der Waals surface area contributed by atoms with Crippen LogP contribution in [0.25, 0.3) is 0 Å². The van der Waals surface area contributed by atoms with E-state index in [1.165, 1.54) is 12.1 Å². The Morgan fingerprint density at radius 3 is 2.62 bits per heavy atom. The van der Waals surface area contributed by atoms with E-state index in [0.717, 1.165) is 18.5 Å². The minimum Gasteiger partial charge on any atom is -0.508 e. The molecule has 2 aromatic rings. The Bertz CT molecular complexity index is 768. The Hall–Kier alpha value is -1.62. The van der Waals surface area contributed by atoms with E-state index in [-0.39, 0.29) is 5.75 Å². The van der Waals surface area contributed by atoms with E-state index in [4.69, 9.17) is 4.74 Å². The minimum absolute atomic E-state index is 0.0332. The molecule has 124 valence electrons. The first-order valence-corrected chi connectivity index (χ1v) is 9.02. The van der Waals surface area contributed by atoms with E-state index in [9.17, 15) is 9.90 Å². The molecule has 5 nitrogen and oxygen atoms in total. The molecule has 0 fully saturated rings. The lowest BCUT2D eigenvalue weighted by atomic mass is 10.2. The first-order valence-electron chi connectivity index (χ1n) is 6.86. The first kappa shape index (κ1) is 18.7. The molecule has 0 unspecified atom stereocenters. The highest BCUT2D eigenvalue weighted by atomic mass is 127. The third kappa shape index (κ3) is 5.20. The number of hydrogen-bond donors (Lipinski definition) is 2. The molecule has 0 aliphatic rings. The third-order valence-electron chi connectivity index (χ3n) is 2.85. The molecular weight excluding hydrogens is 534 g/mol. The molecule has 0 bridgehead atoms. The molecule has 0 radical (unpaired) electrons. The SMILES string of the molecule is C=CCOc1c(I)cc(/C=N\NC(=O)c2cccc(O)c2)cc1I. The van der Waals surface area contributed by atoms with Crippen LogP contribution in [0.5, 0.6) is 11.5 Å². The van der Waals surface area contributed by atoms with E-state index in [1.807, 2.05) is 12.1 Å². The van der Waals surface area contributed by atoms with Gasteiger partial charge in [0.25, 0.3) is 5.91 Å². The van der Waals surface area contributed by atoms with Crippen LogP contribution in [0.3, 0.4) is 0 Å². The van der Waals surface area contributed by atoms with Crippen LogP contribution >= 0.6 is 45.2 Å². The number of phenolic OH excluding ortho intramolecular Hbond substituents is 1. The van der Waals surface area contributed by atoms with Crippen LogP contribution in [0.4, 0.5) is 0 Å². The summed E-state index contributed by atoms with van der Waals surface area (Å²) in [6.45, 7) is 4.08. The molecule has 2 rings (SSSR count). The first-order chi connectivity index (χ1) is 11.5. The second-order valence-electron chi connectivity index (χ2n) is 4.66. The predicted octanol–water partition coefficient (Wildman–Crippen LogP) is 3.93. The normalized spacial score (nSPS) is 10.6. The molecule has 24 heavy (non-hydrogen) atoms. The van der Waals surface area contributed by atoms with Gasteiger partial charge in [0.2, 0.25) is 0 Å². The van der Waals surface area contributed by atoms with Crippen LogP contribution in [0.2, 0.25) is 0 Å². The van der Waals surface area contributed by atoms with Crippen LogP contribution in [0.15, 0.2) is 54.2 Å². The average Bonchev–Trinajstić information content (AvgIpc) is 2.54. The summed E-state index contributed by atoms with van der Waals surface area (Å²) in [4.78, 5) is 11.9. The molecule has 2 N–H and O–H groups in total. The number of phenols is 1. The van der Waals surface area contributed by atoms with Crippen molar-refractivity contribution in [3.63, 3.8) is 0 Å². The summed E-state index contributed by atoms with van der Waals surface area (Å²) in [7, 11) is 0. The topological polar surface area (TPSA) is 70.9 Å². The number of carbonyl (C=O) groups is 1. The van der Waals surface area contributed by atoms with E-state index >= 15 is 0 Å². The highest BCUT2D eigenvalue weighted by Gasteiger charge is 2.08. The Labute approximate surface area is 167 Å². The summed E-state index contributed by atoms with van der Waals surface area (Å²) < 4.78 is 7.51. The average molecular weight is 548 g/mol. The predicted molar refractivity (Wildman–Crippen MR) is 111 cm³/mol. The van der Waals surface area contributed by atoms with Crippen molar-refractivity contribution in [2.45, 2.75) is 0 Å². The van der Waals surface area contributed by atoms with Gasteiger partial charge in [-0.1, -0.05) is 18.7 Å². The molecule has 0 aliphatic carbocycles. The van der Waals surface area contributed by atoms with Gasteiger partial charge in [0.1, 0.15) is 18.1 Å². The number of hydrazone groups is 1. The quantitative estimate of drug-likeness (QED) is 0.249. The number of amides is 1. The maximum Gasteiger partial charge on any atom is 0.271 e. The van der Waals surface area contributed by atoms with Crippen molar-refractivity contribution in [2.75, 3.05) is 6.61 Å². The second-order valence-corrected chi connectivity index (χ2v) is 6.99. The van der Waals surface area contributed by atoms with Gasteiger partial charge in [0, 0.05) is 5.56 Å². The standard InChI is InChI=1S/C17H14I2N2O3/c1-2-6-24-16-14(18)7-11(8-15(16)19)10-20-21-17(23)12-4-3-5-13(22)9-12/h2-5,7-10,22H,1,6H2,(H,21,23)/b20-10-. The Morgan fingerprint density at radius 2 is 2.00 bits per heavy atom. The van der Waals surface area contributed by atoms with E-state index in [1.54, 1.807) is 24.4 Å². The number of benzene rings is 2. The lowest BCUT2D eigenvalue weighted by Crippen LogP contribution is -2.17. The summed E-state index contributed by atoms with van der Waals surface area (Å²) in [5.41, 5.74) is 3.61. The Kier molecular flexibility index (Phi) is 7.03. The van der Waals surface area contributed by atoms with Crippen molar-refractivity contribution in [1.82, 2.24) is 5.43 Å². The number of nitrogens with one attached hydrogen (secondary N) is 1. The van der Waals surface area contributed by atoms with Crippen molar-refractivity contribution in [2.24, 2.45) is 5.10 Å². The molecule has 0 saturated heterocycles. The summed E-state index contributed by atoms with van der Waals surface area (Å²) in [5.74, 6) is 0.445. The molecular formula is C17H14I2N2O3. The lowest BCUT2D eigenvalue weighted by Gasteiger charge is -2.09. The van der Waals surface area contributed by atoms with E-state index in [0.29, 0.717) is 12.2 Å². The molecule has 1 amide bonds. The molecule has 0 heterocycles. The molecule has 0 aromatic heterocycles. The number of hydrogen-bond acceptors (Lipinski definition) is 4. The van der Waals surface area contributed by atoms with Gasteiger partial charge in [-0.05, 0) is 81.1 Å². The molecule has 0 spiro atoms. The smallest absolute Gasteiger partial charge is 0.271 e. The molecule has 0 atom stereocenters. The molecule has 0 saturated carbocycles. The van der Waals surface area contributed by atoms with Gasteiger partial charge in [-0.25, -0.2) is 5.43 Å². The number of nitrogens with zero attached hydrogens (tertiary/aromatic N) is 1. The monoisotopic (exact) mass is 548 g/mol. The third-order valence-corrected chi connectivity index (χ3v) is 4.46. The second kappa shape index (κ2) is 9.02. The van der Waals surface area contributed by atoms with Crippen LogP contribution in [-0.2, 0) is 0 Å². The molecule has 0 aliphatic heterocycles. The zero-order valence-corrected chi connectivity index (χ0v) is 16.8. The van der Waals surface area contributed by atoms with Gasteiger partial charge >= 0.3 is 0 Å². The summed E-state index contributed by atoms with van der Waals surface area (Å²) in [5, 5.41) is 13.3. The largest absolute Gasteiger partial charge is 0.508 e. The van der Waals surface area contributed by atoms with Crippen LogP contribution in [-0.4, -0.2) is 23.8 Å². The van der Waals surface area contributed by atoms with E-state index in [2.05, 4.69) is 62.3 Å². The maximum atomic E-state index is 11.9. The van der Waals surface area contributed by atoms with Crippen LogP contribution in [0.1, 0.15) is 15.9 Å². The highest BCUT2D eigenvalue weighted by Crippen LogP contribution is 2.28. The number of halogens is 2. The summed E-state index contributed by atoms with van der Waals surface area (Å²) in [6.07, 6.45) is 3.25.